The van der Waals surface area contributed by atoms with Gasteiger partial charge in [-0.25, -0.2) is 17.6 Å². The quantitative estimate of drug-likeness (QED) is 0.540. The van der Waals surface area contributed by atoms with Crippen molar-refractivity contribution in [2.24, 2.45) is 0 Å². The van der Waals surface area contributed by atoms with Gasteiger partial charge in [-0.15, -0.1) is 19.8 Å². The molecular weight excluding hydrogens is 342 g/mol. The van der Waals surface area contributed by atoms with Crippen molar-refractivity contribution >= 4 is 0 Å². The van der Waals surface area contributed by atoms with Crippen LogP contribution in [0.3, 0.4) is 0 Å². The summed E-state index contributed by atoms with van der Waals surface area (Å²) in [6.07, 6.45) is 4.62. The Morgan fingerprint density at radius 3 is 1.50 bits per heavy atom. The van der Waals surface area contributed by atoms with E-state index < -0.39 is 0 Å². The van der Waals surface area contributed by atoms with E-state index in [1.165, 1.54) is 17.6 Å². The van der Waals surface area contributed by atoms with Crippen LogP contribution in [0.4, 0.5) is 0 Å². The first-order valence-electron chi connectivity index (χ1n) is 3.71. The van der Waals surface area contributed by atoms with Crippen molar-refractivity contribution in [1.82, 2.24) is 0 Å². The summed E-state index contributed by atoms with van der Waals surface area (Å²) in [5, 5.41) is 0. The maximum Gasteiger partial charge on any atom is 0 e. The Hall–Kier alpha value is 0.272. The number of hydrogen-bond acceptors (Lipinski definition) is 0. The molecule has 0 aromatic heterocycles. The molecular formula is C13H33Re-. The van der Waals surface area contributed by atoms with Gasteiger partial charge in [0.25, 0.3) is 0 Å². The third-order valence-corrected chi connectivity index (χ3v) is 1.71. The van der Waals surface area contributed by atoms with Crippen LogP contribution in [0.5, 0.6) is 0 Å². The second kappa shape index (κ2) is 23.3. The molecule has 1 radical (unpaired) electrons. The Balaban J connectivity index is -0.0000000320. The Bertz CT molecular complexity index is 104. The number of rotatable bonds is 3. The van der Waals surface area contributed by atoms with Crippen molar-refractivity contribution in [3.8, 4) is 0 Å². The summed E-state index contributed by atoms with van der Waals surface area (Å²) in [4.78, 5) is 0. The third-order valence-electron chi connectivity index (χ3n) is 1.71. The first-order valence-corrected chi connectivity index (χ1v) is 3.71. The van der Waals surface area contributed by atoms with Crippen LogP contribution in [0.15, 0.2) is 11.1 Å². The average molecular weight is 376 g/mol. The largest absolute Gasteiger partial charge is 0.228 e. The molecule has 0 aliphatic rings. The summed E-state index contributed by atoms with van der Waals surface area (Å²) in [5.74, 6) is 0. The van der Waals surface area contributed by atoms with Crippen LogP contribution in [-0.4, -0.2) is 0 Å². The van der Waals surface area contributed by atoms with Crippen LogP contribution in [0, 0.1) is 6.42 Å². The molecule has 0 nitrogen and oxygen atoms in total. The smallest absolute Gasteiger partial charge is 0 e. The zero-order chi connectivity index (χ0) is 7.28. The van der Waals surface area contributed by atoms with E-state index in [4.69, 9.17) is 0 Å². The van der Waals surface area contributed by atoms with Crippen LogP contribution in [0.25, 0.3) is 0 Å². The molecule has 0 rings (SSSR count). The Kier molecular flexibility index (Phi) is 61.0. The number of hydrogen-bond donors (Lipinski definition) is 0. The zero-order valence-electron chi connectivity index (χ0n) is 7.37. The molecule has 0 saturated carbocycles. The minimum absolute atomic E-state index is 0. The van der Waals surface area contributed by atoms with Gasteiger partial charge in [0, 0.05) is 20.4 Å². The second-order valence-corrected chi connectivity index (χ2v) is 2.43. The molecule has 0 amide bonds. The normalized spacial score (nSPS) is 8.29. The molecule has 14 heavy (non-hydrogen) atoms. The summed E-state index contributed by atoms with van der Waals surface area (Å²) in [7, 11) is 0. The van der Waals surface area contributed by atoms with Gasteiger partial charge in [-0.1, -0.05) is 50.5 Å². The van der Waals surface area contributed by atoms with Crippen LogP contribution >= 0.6 is 0 Å². The minimum Gasteiger partial charge on any atom is -0.228 e. The van der Waals surface area contributed by atoms with Gasteiger partial charge in [0.05, 0.1) is 0 Å². The fraction of sp³-hybridized carbons (Fsp3) is 0.769. The van der Waals surface area contributed by atoms with Gasteiger partial charge in [0.1, 0.15) is 0 Å². The van der Waals surface area contributed by atoms with E-state index in [1.54, 1.807) is 0 Å². The van der Waals surface area contributed by atoms with Crippen LogP contribution < -0.4 is 0 Å². The van der Waals surface area contributed by atoms with Crippen molar-refractivity contribution in [3.05, 3.63) is 17.6 Å². The standard InChI is InChI=1S/C9H17.4CH4.Re/c1-5-7-9(4)8(3)6-2;;;;;/h7H,5-6H2,1-4H3;4*1H4;/q-1;;;;;/b9-8-;;;;;. The van der Waals surface area contributed by atoms with Crippen molar-refractivity contribution in [2.75, 3.05) is 0 Å². The predicted molar refractivity (Wildman–Crippen MR) is 70.2 cm³/mol. The molecule has 0 saturated heterocycles. The third kappa shape index (κ3) is 18.1. The van der Waals surface area contributed by atoms with Gasteiger partial charge in [0.15, 0.2) is 0 Å². The molecule has 1 heteroatoms. The summed E-state index contributed by atoms with van der Waals surface area (Å²) >= 11 is 0. The molecule has 0 unspecified atom stereocenters. The van der Waals surface area contributed by atoms with Crippen LogP contribution in [0.1, 0.15) is 70.2 Å². The molecule has 93 valence electrons. The first-order chi connectivity index (χ1) is 4.22. The first kappa shape index (κ1) is 36.7. The van der Waals surface area contributed by atoms with E-state index in [9.17, 15) is 0 Å². The molecule has 0 aromatic rings. The average Bonchev–Trinajstić information content (AvgIpc) is 1.87. The fourth-order valence-corrected chi connectivity index (χ4v) is 0.759. The summed E-state index contributed by atoms with van der Waals surface area (Å²) in [6, 6.07) is 0. The van der Waals surface area contributed by atoms with Crippen molar-refractivity contribution < 1.29 is 20.4 Å². The molecule has 0 spiro atoms. The van der Waals surface area contributed by atoms with Crippen LogP contribution in [0.2, 0.25) is 0 Å². The monoisotopic (exact) mass is 376 g/mol. The van der Waals surface area contributed by atoms with Crippen molar-refractivity contribution in [1.29, 1.82) is 0 Å². The van der Waals surface area contributed by atoms with E-state index in [-0.39, 0.29) is 50.1 Å². The van der Waals surface area contributed by atoms with Gasteiger partial charge in [-0.05, 0) is 0 Å². The van der Waals surface area contributed by atoms with E-state index >= 15 is 0 Å². The Morgan fingerprint density at radius 1 is 0.929 bits per heavy atom. The minimum atomic E-state index is 0. The predicted octanol–water partition coefficient (Wildman–Crippen LogP) is 5.89. The molecule has 0 aliphatic carbocycles. The van der Waals surface area contributed by atoms with Gasteiger partial charge in [-0.2, -0.15) is 0 Å². The molecule has 0 heterocycles. The van der Waals surface area contributed by atoms with Gasteiger partial charge < -0.3 is 0 Å². The summed E-state index contributed by atoms with van der Waals surface area (Å²) in [5.41, 5.74) is 2.97. The van der Waals surface area contributed by atoms with E-state index in [1.807, 2.05) is 0 Å². The van der Waals surface area contributed by atoms with Gasteiger partial charge in [-0.3, -0.25) is 0 Å². The van der Waals surface area contributed by atoms with Crippen molar-refractivity contribution in [2.45, 2.75) is 70.2 Å². The Morgan fingerprint density at radius 2 is 1.29 bits per heavy atom. The van der Waals surface area contributed by atoms with E-state index in [2.05, 4.69) is 34.1 Å². The zero-order valence-corrected chi connectivity index (χ0v) is 10.1. The summed E-state index contributed by atoms with van der Waals surface area (Å²) in [6.45, 7) is 8.75. The SMILES string of the molecule is C.C.C.C.CC[CH-]/C(C)=C(/C)CC.[Re]. The maximum atomic E-state index is 2.28. The molecule has 0 bridgehead atoms. The van der Waals surface area contributed by atoms with Crippen LogP contribution in [-0.2, 0) is 20.4 Å². The summed E-state index contributed by atoms with van der Waals surface area (Å²) < 4.78 is 0. The maximum absolute atomic E-state index is 2.28. The molecule has 0 aromatic carbocycles. The molecule has 0 N–H and O–H groups in total. The molecule has 0 fully saturated rings. The Labute approximate surface area is 108 Å². The van der Waals surface area contributed by atoms with Crippen molar-refractivity contribution in [3.63, 3.8) is 0 Å². The fourth-order valence-electron chi connectivity index (χ4n) is 0.759. The topological polar surface area (TPSA) is 0 Å². The van der Waals surface area contributed by atoms with Gasteiger partial charge >= 0.3 is 0 Å². The second-order valence-electron chi connectivity index (χ2n) is 2.43. The molecule has 0 atom stereocenters. The molecule has 0 aliphatic heterocycles. The number of allylic oxidation sites excluding steroid dienone is 2. The van der Waals surface area contributed by atoms with E-state index in [0.29, 0.717) is 0 Å². The van der Waals surface area contributed by atoms with Gasteiger partial charge in [0.2, 0.25) is 0 Å². The van der Waals surface area contributed by atoms with E-state index in [0.717, 1.165) is 6.42 Å².